The average molecular weight is 255 g/mol. The average Bonchev–Trinajstić information content (AvgIpc) is 2.29. The molecule has 102 valence electrons. The summed E-state index contributed by atoms with van der Waals surface area (Å²) in [6, 6.07) is 0. The second-order valence-electron chi connectivity index (χ2n) is 5.16. The highest BCUT2D eigenvalue weighted by molar-refractivity contribution is 5.06. The van der Waals surface area contributed by atoms with E-state index in [4.69, 9.17) is 0 Å². The van der Waals surface area contributed by atoms with Gasteiger partial charge in [-0.2, -0.15) is 0 Å². The van der Waals surface area contributed by atoms with Gasteiger partial charge in [-0.3, -0.25) is 9.36 Å². The Morgan fingerprint density at radius 2 is 1.94 bits per heavy atom. The molecule has 18 heavy (non-hydrogen) atoms. The molecule has 1 unspecified atom stereocenters. The lowest BCUT2D eigenvalue weighted by atomic mass is 9.98. The Labute approximate surface area is 106 Å². The van der Waals surface area contributed by atoms with Crippen molar-refractivity contribution in [2.45, 2.75) is 39.0 Å². The minimum absolute atomic E-state index is 0.304. The molecule has 0 aliphatic rings. The molecular formula is C12H21N3O3. The number of nitrogens with one attached hydrogen (secondary N) is 1. The summed E-state index contributed by atoms with van der Waals surface area (Å²) in [5.41, 5.74) is -0.668. The van der Waals surface area contributed by atoms with E-state index in [1.807, 2.05) is 13.8 Å². The molecule has 1 heterocycles. The van der Waals surface area contributed by atoms with Crippen LogP contribution >= 0.6 is 0 Å². The van der Waals surface area contributed by atoms with Gasteiger partial charge in [0.05, 0.1) is 6.10 Å². The Morgan fingerprint density at radius 3 is 2.44 bits per heavy atom. The maximum absolute atomic E-state index is 11.9. The molecule has 6 nitrogen and oxygen atoms in total. The predicted octanol–water partition coefficient (Wildman–Crippen LogP) is -0.667. The van der Waals surface area contributed by atoms with Crippen LogP contribution < -0.4 is 16.6 Å². The van der Waals surface area contributed by atoms with Crippen LogP contribution in [0.3, 0.4) is 0 Å². The summed E-state index contributed by atoms with van der Waals surface area (Å²) in [6.45, 7) is 5.69. The van der Waals surface area contributed by atoms with Gasteiger partial charge >= 0.3 is 5.69 Å². The van der Waals surface area contributed by atoms with Crippen LogP contribution in [-0.4, -0.2) is 25.9 Å². The summed E-state index contributed by atoms with van der Waals surface area (Å²) in [7, 11) is 3.05. The van der Waals surface area contributed by atoms with Gasteiger partial charge in [-0.1, -0.05) is 0 Å². The highest BCUT2D eigenvalue weighted by Crippen LogP contribution is 2.08. The van der Waals surface area contributed by atoms with E-state index in [-0.39, 0.29) is 11.2 Å². The lowest BCUT2D eigenvalue weighted by molar-refractivity contribution is 0.0955. The fourth-order valence-electron chi connectivity index (χ4n) is 1.48. The van der Waals surface area contributed by atoms with Gasteiger partial charge in [-0.25, -0.2) is 4.79 Å². The molecule has 0 fully saturated rings. The van der Waals surface area contributed by atoms with Gasteiger partial charge in [0.2, 0.25) is 0 Å². The summed E-state index contributed by atoms with van der Waals surface area (Å²) in [5.74, 6) is 0. The molecule has 0 bridgehead atoms. The van der Waals surface area contributed by atoms with Gasteiger partial charge in [-0.15, -0.1) is 0 Å². The minimum Gasteiger partial charge on any atom is -0.392 e. The third-order valence-corrected chi connectivity index (χ3v) is 3.30. The van der Waals surface area contributed by atoms with Crippen molar-refractivity contribution in [1.29, 1.82) is 0 Å². The highest BCUT2D eigenvalue weighted by Gasteiger charge is 2.23. The summed E-state index contributed by atoms with van der Waals surface area (Å²) < 4.78 is 2.44. The lowest BCUT2D eigenvalue weighted by Crippen LogP contribution is -2.49. The highest BCUT2D eigenvalue weighted by atomic mass is 16.3. The van der Waals surface area contributed by atoms with Gasteiger partial charge < -0.3 is 15.0 Å². The number of aliphatic hydroxyl groups is 1. The molecule has 2 N–H and O–H groups in total. The van der Waals surface area contributed by atoms with E-state index in [1.165, 1.54) is 17.8 Å². The Bertz CT molecular complexity index is 540. The number of aliphatic hydroxyl groups excluding tert-OH is 1. The summed E-state index contributed by atoms with van der Waals surface area (Å²) in [4.78, 5) is 23.4. The van der Waals surface area contributed by atoms with Crippen LogP contribution in [0.2, 0.25) is 0 Å². The molecule has 0 aliphatic carbocycles. The number of aromatic nitrogens is 2. The van der Waals surface area contributed by atoms with Crippen molar-refractivity contribution in [2.24, 2.45) is 14.1 Å². The summed E-state index contributed by atoms with van der Waals surface area (Å²) in [5, 5.41) is 12.7. The zero-order valence-electron chi connectivity index (χ0n) is 11.5. The molecule has 1 aromatic rings. The maximum Gasteiger partial charge on any atom is 0.330 e. The van der Waals surface area contributed by atoms with E-state index in [0.717, 1.165) is 4.57 Å². The zero-order chi connectivity index (χ0) is 14.1. The zero-order valence-corrected chi connectivity index (χ0v) is 11.5. The van der Waals surface area contributed by atoms with E-state index >= 15 is 0 Å². The fourth-order valence-corrected chi connectivity index (χ4v) is 1.48. The SMILES string of the molecule is CC(O)C(C)(C)NCc1cn(C)c(=O)n(C)c1=O. The van der Waals surface area contributed by atoms with Crippen LogP contribution in [0.25, 0.3) is 0 Å². The van der Waals surface area contributed by atoms with Gasteiger partial charge in [0.15, 0.2) is 0 Å². The smallest absolute Gasteiger partial charge is 0.330 e. The van der Waals surface area contributed by atoms with E-state index < -0.39 is 11.6 Å². The van der Waals surface area contributed by atoms with Crippen molar-refractivity contribution in [1.82, 2.24) is 14.5 Å². The maximum atomic E-state index is 11.9. The van der Waals surface area contributed by atoms with Crippen LogP contribution in [0, 0.1) is 0 Å². The van der Waals surface area contributed by atoms with Crippen LogP contribution in [0.5, 0.6) is 0 Å². The Balaban J connectivity index is 3.01. The van der Waals surface area contributed by atoms with Crippen molar-refractivity contribution in [2.75, 3.05) is 0 Å². The van der Waals surface area contributed by atoms with Crippen LogP contribution in [0.15, 0.2) is 15.8 Å². The Kier molecular flexibility index (Phi) is 4.13. The minimum atomic E-state index is -0.547. The van der Waals surface area contributed by atoms with E-state index in [9.17, 15) is 14.7 Å². The fraction of sp³-hybridized carbons (Fsp3) is 0.667. The molecule has 0 spiro atoms. The first-order valence-electron chi connectivity index (χ1n) is 5.85. The van der Waals surface area contributed by atoms with E-state index in [0.29, 0.717) is 12.1 Å². The molecule has 0 saturated heterocycles. The molecule has 0 radical (unpaired) electrons. The monoisotopic (exact) mass is 255 g/mol. The van der Waals surface area contributed by atoms with Gasteiger partial charge in [0.25, 0.3) is 5.56 Å². The van der Waals surface area contributed by atoms with Crippen molar-refractivity contribution in [3.05, 3.63) is 32.6 Å². The van der Waals surface area contributed by atoms with Gasteiger partial charge in [0.1, 0.15) is 0 Å². The Morgan fingerprint density at radius 1 is 1.39 bits per heavy atom. The normalized spacial score (nSPS) is 13.7. The van der Waals surface area contributed by atoms with Crippen LogP contribution in [-0.2, 0) is 20.6 Å². The number of rotatable bonds is 4. The van der Waals surface area contributed by atoms with Crippen molar-refractivity contribution >= 4 is 0 Å². The van der Waals surface area contributed by atoms with Crippen molar-refractivity contribution < 1.29 is 5.11 Å². The quantitative estimate of drug-likeness (QED) is 0.748. The first-order valence-corrected chi connectivity index (χ1v) is 5.85. The number of hydrogen-bond acceptors (Lipinski definition) is 4. The second-order valence-corrected chi connectivity index (χ2v) is 5.16. The van der Waals surface area contributed by atoms with Crippen molar-refractivity contribution in [3.8, 4) is 0 Å². The molecule has 0 aromatic carbocycles. The molecule has 1 rings (SSSR count). The first-order chi connectivity index (χ1) is 8.16. The lowest BCUT2D eigenvalue weighted by Gasteiger charge is -2.29. The van der Waals surface area contributed by atoms with Crippen LogP contribution in [0.4, 0.5) is 0 Å². The van der Waals surface area contributed by atoms with Crippen LogP contribution in [0.1, 0.15) is 26.3 Å². The van der Waals surface area contributed by atoms with E-state index in [2.05, 4.69) is 5.32 Å². The second kappa shape index (κ2) is 5.07. The number of hydrogen-bond donors (Lipinski definition) is 2. The Hall–Kier alpha value is -1.40. The van der Waals surface area contributed by atoms with Gasteiger partial charge in [0, 0.05) is 37.9 Å². The molecule has 1 atom stereocenters. The first kappa shape index (κ1) is 14.7. The third-order valence-electron chi connectivity index (χ3n) is 3.30. The third kappa shape index (κ3) is 2.88. The molecule has 6 heteroatoms. The molecular weight excluding hydrogens is 234 g/mol. The molecule has 0 aliphatic heterocycles. The molecule has 0 saturated carbocycles. The summed E-state index contributed by atoms with van der Waals surface area (Å²) in [6.07, 6.45) is 0.976. The molecule has 1 aromatic heterocycles. The number of aryl methyl sites for hydroxylation is 1. The number of nitrogens with zero attached hydrogens (tertiary/aromatic N) is 2. The summed E-state index contributed by atoms with van der Waals surface area (Å²) >= 11 is 0. The topological polar surface area (TPSA) is 76.3 Å². The van der Waals surface area contributed by atoms with Gasteiger partial charge in [-0.05, 0) is 20.8 Å². The largest absolute Gasteiger partial charge is 0.392 e. The molecule has 0 amide bonds. The standard InChI is InChI=1S/C12H21N3O3/c1-8(16)12(2,3)13-6-9-7-14(4)11(18)15(5)10(9)17/h7-8,13,16H,6H2,1-5H3. The van der Waals surface area contributed by atoms with E-state index in [1.54, 1.807) is 14.0 Å². The van der Waals surface area contributed by atoms with Crippen molar-refractivity contribution in [3.63, 3.8) is 0 Å². The predicted molar refractivity (Wildman–Crippen MR) is 69.5 cm³/mol.